The van der Waals surface area contributed by atoms with E-state index < -0.39 is 10.0 Å². The van der Waals surface area contributed by atoms with Gasteiger partial charge in [-0.15, -0.1) is 0 Å². The van der Waals surface area contributed by atoms with E-state index in [2.05, 4.69) is 9.98 Å². The minimum atomic E-state index is -3.26. The standard InChI is InChI=1S/C6H16N6O2S/c1-12(2)15(13,14)4-3-10-6(9)11-5(7)8/h3-4H2,1-2H3,(H6,7,8,9,10,11). The van der Waals surface area contributed by atoms with E-state index in [1.54, 1.807) is 0 Å². The molecule has 15 heavy (non-hydrogen) atoms. The Morgan fingerprint density at radius 3 is 2.20 bits per heavy atom. The third-order valence-electron chi connectivity index (χ3n) is 1.42. The summed E-state index contributed by atoms with van der Waals surface area (Å²) >= 11 is 0. The lowest BCUT2D eigenvalue weighted by Gasteiger charge is -2.09. The maximum absolute atomic E-state index is 11.3. The van der Waals surface area contributed by atoms with Crippen molar-refractivity contribution < 1.29 is 8.42 Å². The van der Waals surface area contributed by atoms with Crippen molar-refractivity contribution >= 4 is 21.9 Å². The second-order valence-electron chi connectivity index (χ2n) is 2.87. The Morgan fingerprint density at radius 2 is 1.80 bits per heavy atom. The summed E-state index contributed by atoms with van der Waals surface area (Å²) in [4.78, 5) is 7.11. The molecule has 0 fully saturated rings. The van der Waals surface area contributed by atoms with Crippen molar-refractivity contribution in [2.24, 2.45) is 27.2 Å². The second-order valence-corrected chi connectivity index (χ2v) is 5.18. The van der Waals surface area contributed by atoms with Gasteiger partial charge in [0.2, 0.25) is 16.0 Å². The van der Waals surface area contributed by atoms with E-state index in [0.29, 0.717) is 0 Å². The Kier molecular flexibility index (Phi) is 5.02. The fourth-order valence-electron chi connectivity index (χ4n) is 0.626. The predicted octanol–water partition coefficient (Wildman–Crippen LogP) is -2.53. The van der Waals surface area contributed by atoms with E-state index in [1.165, 1.54) is 14.1 Å². The summed E-state index contributed by atoms with van der Waals surface area (Å²) in [6, 6.07) is 0. The highest BCUT2D eigenvalue weighted by molar-refractivity contribution is 7.89. The summed E-state index contributed by atoms with van der Waals surface area (Å²) in [7, 11) is -0.377. The topological polar surface area (TPSA) is 140 Å². The first-order valence-corrected chi connectivity index (χ1v) is 5.66. The number of sulfonamides is 1. The van der Waals surface area contributed by atoms with Gasteiger partial charge in [-0.1, -0.05) is 0 Å². The SMILES string of the molecule is CN(C)S(=O)(=O)CCN=C(N)N=C(N)N. The Labute approximate surface area is 88.9 Å². The molecule has 0 atom stereocenters. The van der Waals surface area contributed by atoms with Crippen molar-refractivity contribution in [1.29, 1.82) is 0 Å². The van der Waals surface area contributed by atoms with Crippen molar-refractivity contribution in [2.75, 3.05) is 26.4 Å². The number of aliphatic imine (C=N–C) groups is 2. The van der Waals surface area contributed by atoms with Crippen LogP contribution in [0.3, 0.4) is 0 Å². The second kappa shape index (κ2) is 5.51. The molecular formula is C6H16N6O2S. The number of hydrogen-bond donors (Lipinski definition) is 3. The predicted molar refractivity (Wildman–Crippen MR) is 59.8 cm³/mol. The van der Waals surface area contributed by atoms with Crippen LogP contribution in [0.15, 0.2) is 9.98 Å². The van der Waals surface area contributed by atoms with Gasteiger partial charge >= 0.3 is 0 Å². The first-order chi connectivity index (χ1) is 6.75. The van der Waals surface area contributed by atoms with Gasteiger partial charge in [0.05, 0.1) is 12.3 Å². The summed E-state index contributed by atoms with van der Waals surface area (Å²) in [6.07, 6.45) is 0. The monoisotopic (exact) mass is 236 g/mol. The molecule has 0 aromatic carbocycles. The number of guanidine groups is 2. The normalized spacial score (nSPS) is 12.9. The number of rotatable bonds is 4. The lowest BCUT2D eigenvalue weighted by molar-refractivity contribution is 0.521. The zero-order chi connectivity index (χ0) is 12.1. The van der Waals surface area contributed by atoms with Gasteiger partial charge in [0, 0.05) is 14.1 Å². The van der Waals surface area contributed by atoms with Crippen LogP contribution < -0.4 is 17.2 Å². The maximum Gasteiger partial charge on any atom is 0.218 e. The smallest absolute Gasteiger partial charge is 0.218 e. The third kappa shape index (κ3) is 5.86. The van der Waals surface area contributed by atoms with Crippen molar-refractivity contribution in [3.8, 4) is 0 Å². The van der Waals surface area contributed by atoms with Crippen LogP contribution in [-0.4, -0.2) is 51.0 Å². The molecule has 0 amide bonds. The molecule has 0 aliphatic carbocycles. The average Bonchev–Trinajstić information content (AvgIpc) is 2.01. The highest BCUT2D eigenvalue weighted by atomic mass is 32.2. The van der Waals surface area contributed by atoms with Gasteiger partial charge < -0.3 is 17.2 Å². The molecule has 88 valence electrons. The number of nitrogens with zero attached hydrogens (tertiary/aromatic N) is 3. The molecular weight excluding hydrogens is 220 g/mol. The van der Waals surface area contributed by atoms with E-state index in [-0.39, 0.29) is 24.2 Å². The minimum Gasteiger partial charge on any atom is -0.370 e. The Morgan fingerprint density at radius 1 is 1.27 bits per heavy atom. The first-order valence-electron chi connectivity index (χ1n) is 4.05. The van der Waals surface area contributed by atoms with E-state index in [9.17, 15) is 8.42 Å². The van der Waals surface area contributed by atoms with Crippen LogP contribution in [-0.2, 0) is 10.0 Å². The van der Waals surface area contributed by atoms with Crippen molar-refractivity contribution in [2.45, 2.75) is 0 Å². The Balaban J connectivity index is 4.27. The van der Waals surface area contributed by atoms with Gasteiger partial charge in [0.1, 0.15) is 0 Å². The van der Waals surface area contributed by atoms with Crippen LogP contribution in [0, 0.1) is 0 Å². The van der Waals surface area contributed by atoms with Crippen LogP contribution in [0.2, 0.25) is 0 Å². The quantitative estimate of drug-likeness (QED) is 0.364. The lowest BCUT2D eigenvalue weighted by atomic mass is 10.8. The molecule has 0 aromatic rings. The van der Waals surface area contributed by atoms with Crippen LogP contribution in [0.25, 0.3) is 0 Å². The molecule has 0 saturated carbocycles. The third-order valence-corrected chi connectivity index (χ3v) is 3.23. The maximum atomic E-state index is 11.3. The fraction of sp³-hybridized carbons (Fsp3) is 0.667. The van der Waals surface area contributed by atoms with Gasteiger partial charge in [-0.2, -0.15) is 4.99 Å². The molecule has 0 saturated heterocycles. The molecule has 0 radical (unpaired) electrons. The molecule has 6 N–H and O–H groups in total. The molecule has 0 unspecified atom stereocenters. The summed E-state index contributed by atoms with van der Waals surface area (Å²) in [6.45, 7) is 0.0170. The summed E-state index contributed by atoms with van der Waals surface area (Å²) < 4.78 is 23.6. The zero-order valence-electron chi connectivity index (χ0n) is 8.71. The van der Waals surface area contributed by atoms with Gasteiger partial charge in [-0.05, 0) is 0 Å². The summed E-state index contributed by atoms with van der Waals surface area (Å²) in [5.41, 5.74) is 15.4. The van der Waals surface area contributed by atoms with E-state index >= 15 is 0 Å². The molecule has 0 aliphatic heterocycles. The van der Waals surface area contributed by atoms with Gasteiger partial charge in [-0.3, -0.25) is 4.99 Å². The van der Waals surface area contributed by atoms with Crippen LogP contribution in [0.5, 0.6) is 0 Å². The van der Waals surface area contributed by atoms with Gasteiger partial charge in [0.15, 0.2) is 5.96 Å². The first kappa shape index (κ1) is 13.7. The van der Waals surface area contributed by atoms with Gasteiger partial charge in [0.25, 0.3) is 0 Å². The van der Waals surface area contributed by atoms with Crippen molar-refractivity contribution in [3.63, 3.8) is 0 Å². The average molecular weight is 236 g/mol. The van der Waals surface area contributed by atoms with E-state index in [4.69, 9.17) is 17.2 Å². The van der Waals surface area contributed by atoms with E-state index in [1.807, 2.05) is 0 Å². The van der Waals surface area contributed by atoms with Crippen LogP contribution >= 0.6 is 0 Å². The summed E-state index contributed by atoms with van der Waals surface area (Å²) in [5.74, 6) is -0.489. The molecule has 0 spiro atoms. The van der Waals surface area contributed by atoms with Gasteiger partial charge in [-0.25, -0.2) is 12.7 Å². The molecule has 9 heteroatoms. The molecule has 0 aliphatic rings. The zero-order valence-corrected chi connectivity index (χ0v) is 9.53. The summed E-state index contributed by atoms with van der Waals surface area (Å²) in [5, 5.41) is 0. The molecule has 0 bridgehead atoms. The largest absolute Gasteiger partial charge is 0.370 e. The van der Waals surface area contributed by atoms with Crippen LogP contribution in [0.1, 0.15) is 0 Å². The number of hydrogen-bond acceptors (Lipinski definition) is 3. The van der Waals surface area contributed by atoms with Crippen molar-refractivity contribution in [1.82, 2.24) is 4.31 Å². The fourth-order valence-corrected chi connectivity index (χ4v) is 1.31. The van der Waals surface area contributed by atoms with Crippen molar-refractivity contribution in [3.05, 3.63) is 0 Å². The highest BCUT2D eigenvalue weighted by Gasteiger charge is 2.12. The highest BCUT2D eigenvalue weighted by Crippen LogP contribution is 1.93. The Hall–Kier alpha value is -1.35. The van der Waals surface area contributed by atoms with E-state index in [0.717, 1.165) is 4.31 Å². The molecule has 0 heterocycles. The molecule has 0 rings (SSSR count). The Bertz CT molecular complexity index is 354. The lowest BCUT2D eigenvalue weighted by Crippen LogP contribution is -2.28. The minimum absolute atomic E-state index is 0.0170. The molecule has 0 aromatic heterocycles. The van der Waals surface area contributed by atoms with Crippen LogP contribution in [0.4, 0.5) is 0 Å². The number of nitrogens with two attached hydrogens (primary N) is 3. The molecule has 8 nitrogen and oxygen atoms in total.